The average Bonchev–Trinajstić information content (AvgIpc) is 2.96. The molecule has 4 rings (SSSR count). The van der Waals surface area contributed by atoms with Gasteiger partial charge in [0.05, 0.1) is 0 Å². The molecule has 2 heteroatoms. The lowest BCUT2D eigenvalue weighted by atomic mass is 9.82. The predicted molar refractivity (Wildman–Crippen MR) is 148 cm³/mol. The van der Waals surface area contributed by atoms with Gasteiger partial charge in [-0.2, -0.15) is 0 Å². The smallest absolute Gasteiger partial charge is 0.0187 e. The summed E-state index contributed by atoms with van der Waals surface area (Å²) in [6.45, 7) is 5.74. The summed E-state index contributed by atoms with van der Waals surface area (Å²) in [5.41, 5.74) is 9.78. The third kappa shape index (κ3) is 5.35. The van der Waals surface area contributed by atoms with Crippen LogP contribution in [0.25, 0.3) is 23.3 Å². The van der Waals surface area contributed by atoms with Crippen molar-refractivity contribution in [2.75, 3.05) is 34.7 Å². The first-order valence-electron chi connectivity index (χ1n) is 12.6. The minimum atomic E-state index is 0.116. The molecule has 0 radical (unpaired) electrons. The average molecular weight is 453 g/mol. The monoisotopic (exact) mass is 452 g/mol. The standard InChI is InChI=1S/C32H40N2/c1-32(2,34(5)6)23-24-12-9-14-26(22-24)28-16-10-17-30-29(18-11-21-33(3)4)27-15-8-7-13-25(27)19-20-31(28)30/h7-10,12-17,19-20,22,29H,11,18,21,23H2,1-6H3. The van der Waals surface area contributed by atoms with Crippen LogP contribution in [0.15, 0.2) is 66.7 Å². The van der Waals surface area contributed by atoms with Gasteiger partial charge in [-0.3, -0.25) is 0 Å². The molecule has 1 aliphatic carbocycles. The highest BCUT2D eigenvalue weighted by Gasteiger charge is 2.24. The zero-order valence-corrected chi connectivity index (χ0v) is 21.8. The van der Waals surface area contributed by atoms with Crippen LogP contribution >= 0.6 is 0 Å². The van der Waals surface area contributed by atoms with Crippen molar-refractivity contribution in [2.24, 2.45) is 0 Å². The van der Waals surface area contributed by atoms with Crippen LogP contribution in [0.4, 0.5) is 0 Å². The van der Waals surface area contributed by atoms with E-state index in [0.717, 1.165) is 19.4 Å². The second kappa shape index (κ2) is 10.3. The molecule has 0 N–H and O–H groups in total. The topological polar surface area (TPSA) is 6.48 Å². The molecular weight excluding hydrogens is 412 g/mol. The van der Waals surface area contributed by atoms with Crippen molar-refractivity contribution in [2.45, 2.75) is 44.6 Å². The number of nitrogens with zero attached hydrogens (tertiary/aromatic N) is 2. The lowest BCUT2D eigenvalue weighted by molar-refractivity contribution is 0.195. The first-order chi connectivity index (χ1) is 16.3. The van der Waals surface area contributed by atoms with E-state index in [-0.39, 0.29) is 5.54 Å². The molecule has 0 heterocycles. The molecule has 0 saturated carbocycles. The lowest BCUT2D eigenvalue weighted by Crippen LogP contribution is -2.40. The number of benzene rings is 3. The molecule has 0 bridgehead atoms. The molecule has 3 aromatic rings. The quantitative estimate of drug-likeness (QED) is 0.357. The number of hydrogen-bond acceptors (Lipinski definition) is 2. The van der Waals surface area contributed by atoms with Crippen LogP contribution in [0.2, 0.25) is 0 Å². The van der Waals surface area contributed by atoms with E-state index in [1.54, 1.807) is 0 Å². The molecule has 0 saturated heterocycles. The summed E-state index contributed by atoms with van der Waals surface area (Å²) in [7, 11) is 8.66. The molecule has 34 heavy (non-hydrogen) atoms. The van der Waals surface area contributed by atoms with E-state index < -0.39 is 0 Å². The van der Waals surface area contributed by atoms with Crippen LogP contribution in [0.3, 0.4) is 0 Å². The normalized spacial score (nSPS) is 15.4. The van der Waals surface area contributed by atoms with Gasteiger partial charge in [-0.05, 0) is 107 Å². The summed E-state index contributed by atoms with van der Waals surface area (Å²) in [4.78, 5) is 4.60. The van der Waals surface area contributed by atoms with E-state index in [2.05, 4.69) is 131 Å². The highest BCUT2D eigenvalue weighted by Crippen LogP contribution is 2.41. The van der Waals surface area contributed by atoms with Gasteiger partial charge in [-0.1, -0.05) is 78.9 Å². The van der Waals surface area contributed by atoms with Crippen molar-refractivity contribution >= 4 is 12.2 Å². The Hall–Kier alpha value is -2.68. The maximum atomic E-state index is 2.40. The van der Waals surface area contributed by atoms with Gasteiger partial charge >= 0.3 is 0 Å². The van der Waals surface area contributed by atoms with Crippen molar-refractivity contribution in [3.63, 3.8) is 0 Å². The first kappa shape index (κ1) is 24.4. The summed E-state index contributed by atoms with van der Waals surface area (Å²) in [6, 6.07) is 25.0. The predicted octanol–water partition coefficient (Wildman–Crippen LogP) is 7.19. The Morgan fingerprint density at radius 2 is 1.53 bits per heavy atom. The van der Waals surface area contributed by atoms with Crippen LogP contribution in [0.1, 0.15) is 60.4 Å². The van der Waals surface area contributed by atoms with E-state index in [1.807, 2.05) is 0 Å². The van der Waals surface area contributed by atoms with E-state index in [4.69, 9.17) is 0 Å². The van der Waals surface area contributed by atoms with Gasteiger partial charge in [-0.15, -0.1) is 0 Å². The van der Waals surface area contributed by atoms with Crippen molar-refractivity contribution in [3.05, 3.63) is 94.5 Å². The van der Waals surface area contributed by atoms with Crippen LogP contribution in [0.5, 0.6) is 0 Å². The fourth-order valence-corrected chi connectivity index (χ4v) is 5.07. The third-order valence-electron chi connectivity index (χ3n) is 7.50. The molecule has 0 aliphatic heterocycles. The molecule has 0 fully saturated rings. The second-order valence-electron chi connectivity index (χ2n) is 10.9. The van der Waals surface area contributed by atoms with E-state index in [1.165, 1.54) is 45.4 Å². The molecule has 1 atom stereocenters. The molecule has 0 aromatic heterocycles. The lowest BCUT2D eigenvalue weighted by Gasteiger charge is -2.32. The molecule has 0 amide bonds. The molecular formula is C32H40N2. The Bertz CT molecular complexity index is 1150. The van der Waals surface area contributed by atoms with E-state index in [9.17, 15) is 0 Å². The highest BCUT2D eigenvalue weighted by atomic mass is 15.1. The Morgan fingerprint density at radius 3 is 2.29 bits per heavy atom. The van der Waals surface area contributed by atoms with Gasteiger partial charge in [0.1, 0.15) is 0 Å². The Labute approximate surface area is 206 Å². The number of fused-ring (bicyclic) bond motifs is 2. The SMILES string of the molecule is CN(C)CCCC1c2ccccc2C=Cc2c(-c3cccc(CC(C)(C)N(C)C)c3)cccc21. The minimum Gasteiger partial charge on any atom is -0.309 e. The fraction of sp³-hybridized carbons (Fsp3) is 0.375. The summed E-state index contributed by atoms with van der Waals surface area (Å²) in [5.74, 6) is 0.414. The fourth-order valence-electron chi connectivity index (χ4n) is 5.07. The maximum Gasteiger partial charge on any atom is 0.0187 e. The number of rotatable bonds is 8. The number of likely N-dealkylation sites (N-methyl/N-ethyl adjacent to an activating group) is 1. The molecule has 2 nitrogen and oxygen atoms in total. The summed E-state index contributed by atoms with van der Waals surface area (Å²) in [5, 5.41) is 0. The zero-order valence-electron chi connectivity index (χ0n) is 21.8. The Balaban J connectivity index is 1.76. The van der Waals surface area contributed by atoms with E-state index in [0.29, 0.717) is 5.92 Å². The molecule has 178 valence electrons. The van der Waals surface area contributed by atoms with Gasteiger partial charge in [-0.25, -0.2) is 0 Å². The Morgan fingerprint density at radius 1 is 0.794 bits per heavy atom. The van der Waals surface area contributed by atoms with Crippen molar-refractivity contribution in [1.29, 1.82) is 0 Å². The van der Waals surface area contributed by atoms with E-state index >= 15 is 0 Å². The van der Waals surface area contributed by atoms with Crippen LogP contribution in [0, 0.1) is 0 Å². The van der Waals surface area contributed by atoms with Gasteiger partial charge in [0, 0.05) is 11.5 Å². The van der Waals surface area contributed by atoms with Gasteiger partial charge in [0.2, 0.25) is 0 Å². The Kier molecular flexibility index (Phi) is 7.40. The van der Waals surface area contributed by atoms with Crippen LogP contribution in [-0.2, 0) is 6.42 Å². The van der Waals surface area contributed by atoms with Gasteiger partial charge < -0.3 is 9.80 Å². The summed E-state index contributed by atoms with van der Waals surface area (Å²) < 4.78 is 0. The van der Waals surface area contributed by atoms with Crippen molar-refractivity contribution in [3.8, 4) is 11.1 Å². The molecule has 0 spiro atoms. The highest BCUT2D eigenvalue weighted by molar-refractivity contribution is 5.85. The van der Waals surface area contributed by atoms with Crippen LogP contribution in [-0.4, -0.2) is 50.1 Å². The third-order valence-corrected chi connectivity index (χ3v) is 7.50. The van der Waals surface area contributed by atoms with Gasteiger partial charge in [0.15, 0.2) is 0 Å². The molecule has 3 aromatic carbocycles. The zero-order chi connectivity index (χ0) is 24.3. The molecule has 1 aliphatic rings. The number of hydrogen-bond donors (Lipinski definition) is 0. The van der Waals surface area contributed by atoms with Crippen molar-refractivity contribution < 1.29 is 0 Å². The van der Waals surface area contributed by atoms with Crippen molar-refractivity contribution in [1.82, 2.24) is 9.80 Å². The summed E-state index contributed by atoms with van der Waals surface area (Å²) >= 11 is 0. The first-order valence-corrected chi connectivity index (χ1v) is 12.6. The van der Waals surface area contributed by atoms with Crippen LogP contribution < -0.4 is 0 Å². The minimum absolute atomic E-state index is 0.116. The molecule has 1 unspecified atom stereocenters. The second-order valence-corrected chi connectivity index (χ2v) is 10.9. The van der Waals surface area contributed by atoms with Gasteiger partial charge in [0.25, 0.3) is 0 Å². The maximum absolute atomic E-state index is 2.40. The summed E-state index contributed by atoms with van der Waals surface area (Å²) in [6.07, 6.45) is 8.04. The largest absolute Gasteiger partial charge is 0.309 e.